The third kappa shape index (κ3) is 11.6. The molecule has 2 atom stereocenters. The smallest absolute Gasteiger partial charge is 0.313 e. The van der Waals surface area contributed by atoms with Gasteiger partial charge in [0.05, 0.1) is 37.8 Å². The summed E-state index contributed by atoms with van der Waals surface area (Å²) in [5.41, 5.74) is 2.08. The van der Waals surface area contributed by atoms with Crippen LogP contribution in [0.3, 0.4) is 0 Å². The average molecular weight is 676 g/mol. The van der Waals surface area contributed by atoms with Crippen molar-refractivity contribution < 1.29 is 42.7 Å². The van der Waals surface area contributed by atoms with Crippen molar-refractivity contribution in [1.29, 1.82) is 0 Å². The lowest BCUT2D eigenvalue weighted by molar-refractivity contribution is -0.947. The summed E-state index contributed by atoms with van der Waals surface area (Å²) in [5, 5.41) is 0. The molecule has 0 N–H and O–H groups in total. The molecule has 0 amide bonds. The predicted octanol–water partition coefficient (Wildman–Crippen LogP) is 5.33. The number of quaternary nitrogens is 1. The maximum Gasteiger partial charge on any atom is 0.313 e. The largest absolute Gasteiger partial charge is 1.00 e. The van der Waals surface area contributed by atoms with Crippen LogP contribution < -0.4 is 28.7 Å². The second kappa shape index (κ2) is 19.4. The summed E-state index contributed by atoms with van der Waals surface area (Å²) in [6.45, 7) is 6.96. The van der Waals surface area contributed by atoms with Gasteiger partial charge < -0.3 is 33.5 Å². The molecule has 224 valence electrons. The monoisotopic (exact) mass is 675 g/mol. The highest BCUT2D eigenvalue weighted by Crippen LogP contribution is 2.34. The first kappa shape index (κ1) is 34.5. The topological polar surface area (TPSA) is 61.3 Å². The number of ether oxygens (including phenoxy) is 2. The van der Waals surface area contributed by atoms with E-state index in [2.05, 4.69) is 35.7 Å². The zero-order chi connectivity index (χ0) is 27.1. The van der Waals surface area contributed by atoms with E-state index in [1.54, 1.807) is 0 Å². The zero-order valence-electron chi connectivity index (χ0n) is 24.9. The molecular weight excluding hydrogens is 621 g/mol. The van der Waals surface area contributed by atoms with Crippen LogP contribution in [-0.4, -0.2) is 52.2 Å². The summed E-state index contributed by atoms with van der Waals surface area (Å²) in [5.74, 6) is 0.802. The number of carbonyl (C=O) groups is 1. The number of aromatic nitrogens is 2. The van der Waals surface area contributed by atoms with Gasteiger partial charge in [-0.15, -0.1) is 4.37 Å². The quantitative estimate of drug-likeness (QED) is 0.0913. The number of halogens is 1. The average Bonchev–Trinajstić information content (AvgIpc) is 3.41. The van der Waals surface area contributed by atoms with E-state index in [0.717, 1.165) is 74.6 Å². The van der Waals surface area contributed by atoms with Gasteiger partial charge in [-0.3, -0.25) is 9.28 Å². The van der Waals surface area contributed by atoms with Crippen LogP contribution in [0.5, 0.6) is 5.88 Å². The van der Waals surface area contributed by atoms with Crippen molar-refractivity contribution >= 4 is 23.3 Å². The van der Waals surface area contributed by atoms with Gasteiger partial charge >= 0.3 is 5.97 Å². The Labute approximate surface area is 259 Å². The molecule has 1 aliphatic heterocycles. The molecule has 1 aromatic rings. The van der Waals surface area contributed by atoms with E-state index in [-0.39, 0.29) is 42.1 Å². The Morgan fingerprint density at radius 2 is 1.64 bits per heavy atom. The number of hydrogen-bond donors (Lipinski definition) is 0. The highest BCUT2D eigenvalue weighted by atomic mass is 127. The van der Waals surface area contributed by atoms with Gasteiger partial charge in [0.1, 0.15) is 12.2 Å². The van der Waals surface area contributed by atoms with Crippen LogP contribution in [0.2, 0.25) is 0 Å². The van der Waals surface area contributed by atoms with Crippen LogP contribution in [0.4, 0.5) is 0 Å². The summed E-state index contributed by atoms with van der Waals surface area (Å²) in [4.78, 5) is 13.3. The number of rotatable bonds is 18. The minimum absolute atomic E-state index is 0. The summed E-state index contributed by atoms with van der Waals surface area (Å²) >= 11 is 1.23. The molecule has 3 rings (SSSR count). The molecule has 6 nitrogen and oxygen atoms in total. The Kier molecular flexibility index (Phi) is 17.1. The van der Waals surface area contributed by atoms with Gasteiger partial charge in [0.2, 0.25) is 6.23 Å². The molecular formula is C31H54IN3O3S. The highest BCUT2D eigenvalue weighted by molar-refractivity contribution is 6.99. The minimum atomic E-state index is -0.103. The summed E-state index contributed by atoms with van der Waals surface area (Å²) in [6, 6.07) is 0. The Morgan fingerprint density at radius 3 is 2.36 bits per heavy atom. The molecule has 2 aliphatic rings. The molecule has 1 fully saturated rings. The molecule has 8 heteroatoms. The molecule has 0 bridgehead atoms. The molecule has 2 unspecified atom stereocenters. The molecule has 2 heterocycles. The lowest BCUT2D eigenvalue weighted by Crippen LogP contribution is -3.00. The first-order valence-electron chi connectivity index (χ1n) is 15.8. The van der Waals surface area contributed by atoms with Crippen molar-refractivity contribution in [1.82, 2.24) is 8.75 Å². The fourth-order valence-electron chi connectivity index (χ4n) is 6.00. The predicted molar refractivity (Wildman–Crippen MR) is 157 cm³/mol. The van der Waals surface area contributed by atoms with Crippen molar-refractivity contribution in [2.75, 3.05) is 26.7 Å². The van der Waals surface area contributed by atoms with Crippen LogP contribution in [-0.2, 0) is 9.53 Å². The van der Waals surface area contributed by atoms with E-state index >= 15 is 0 Å². The van der Waals surface area contributed by atoms with Crippen molar-refractivity contribution in [2.45, 2.75) is 136 Å². The summed E-state index contributed by atoms with van der Waals surface area (Å²) < 4.78 is 22.3. The number of nitrogens with zero attached hydrogens (tertiary/aromatic N) is 3. The van der Waals surface area contributed by atoms with E-state index in [4.69, 9.17) is 9.47 Å². The molecule has 0 radical (unpaired) electrons. The van der Waals surface area contributed by atoms with Gasteiger partial charge in [0.25, 0.3) is 5.88 Å². The highest BCUT2D eigenvalue weighted by Gasteiger charge is 2.40. The number of carbonyl (C=O) groups excluding carboxylic acids is 1. The third-order valence-electron chi connectivity index (χ3n) is 8.50. The number of likely N-dealkylation sites (N-methyl/N-ethyl adjacent to an activating group) is 1. The van der Waals surface area contributed by atoms with Crippen LogP contribution in [0.1, 0.15) is 135 Å². The van der Waals surface area contributed by atoms with Crippen molar-refractivity contribution in [3.8, 4) is 5.88 Å². The lowest BCUT2D eigenvalue weighted by atomic mass is 9.89. The Hall–Kier alpha value is -0.740. The summed E-state index contributed by atoms with van der Waals surface area (Å²) in [6.07, 6.45) is 23.2. The molecule has 0 spiro atoms. The van der Waals surface area contributed by atoms with Crippen molar-refractivity contribution in [3.05, 3.63) is 11.8 Å². The van der Waals surface area contributed by atoms with E-state index in [9.17, 15) is 4.79 Å². The zero-order valence-corrected chi connectivity index (χ0v) is 27.9. The third-order valence-corrected chi connectivity index (χ3v) is 9.01. The number of unbranched alkanes of at least 4 members (excludes halogenated alkanes) is 9. The molecule has 0 saturated heterocycles. The van der Waals surface area contributed by atoms with Crippen molar-refractivity contribution in [3.63, 3.8) is 0 Å². The van der Waals surface area contributed by atoms with Crippen LogP contribution in [0.15, 0.2) is 6.08 Å². The second-order valence-electron chi connectivity index (χ2n) is 11.8. The first-order valence-corrected chi connectivity index (χ1v) is 16.5. The van der Waals surface area contributed by atoms with Crippen LogP contribution in [0, 0.1) is 5.92 Å². The van der Waals surface area contributed by atoms with Gasteiger partial charge in [-0.1, -0.05) is 97.0 Å². The van der Waals surface area contributed by atoms with Gasteiger partial charge in [-0.25, -0.2) is 0 Å². The van der Waals surface area contributed by atoms with Gasteiger partial charge in [-0.05, 0) is 25.7 Å². The van der Waals surface area contributed by atoms with Crippen LogP contribution >= 0.6 is 11.7 Å². The molecule has 1 aliphatic carbocycles. The Bertz CT molecular complexity index is 843. The molecule has 1 aromatic heterocycles. The second-order valence-corrected chi connectivity index (χ2v) is 12.4. The maximum atomic E-state index is 13.3. The Morgan fingerprint density at radius 1 is 0.974 bits per heavy atom. The summed E-state index contributed by atoms with van der Waals surface area (Å²) in [7, 11) is 2.28. The molecule has 1 saturated carbocycles. The van der Waals surface area contributed by atoms with Gasteiger partial charge in [0, 0.05) is 18.4 Å². The normalized spacial score (nSPS) is 20.6. The van der Waals surface area contributed by atoms with Crippen molar-refractivity contribution in [2.24, 2.45) is 5.92 Å². The van der Waals surface area contributed by atoms with Gasteiger partial charge in [0.15, 0.2) is 0 Å². The number of hydrogen-bond acceptors (Lipinski definition) is 6. The van der Waals surface area contributed by atoms with E-state index in [0.29, 0.717) is 12.5 Å². The minimum Gasteiger partial charge on any atom is -1.00 e. The van der Waals surface area contributed by atoms with Crippen LogP contribution in [0.25, 0.3) is 5.57 Å². The number of esters is 1. The Balaban J connectivity index is 0.00000533. The van der Waals surface area contributed by atoms with Gasteiger partial charge in [-0.2, -0.15) is 4.37 Å². The molecule has 0 aromatic carbocycles. The SMILES string of the molecule is CCCCCCCCCC(OC(=O)C1CCCCC1)[N+]1(C)CCC=C(c2nsnc2OCCCCCC)C1.[I-]. The van der Waals surface area contributed by atoms with E-state index < -0.39 is 0 Å². The fraction of sp³-hybridized carbons (Fsp3) is 0.839. The molecule has 39 heavy (non-hydrogen) atoms. The first-order chi connectivity index (χ1) is 18.6. The standard InChI is InChI=1S/C31H54N3O3S.HI/c1-4-6-8-10-11-12-16-22-28(37-31(35)26-19-14-13-15-20-26)34(3)23-18-21-27(25-34)29-30(33-38-32-29)36-24-17-9-7-5-2;/h21,26,28H,4-20,22-25H2,1-3H3;1H/q+1;/p-1. The van der Waals surface area contributed by atoms with E-state index in [1.807, 2.05) is 0 Å². The van der Waals surface area contributed by atoms with E-state index in [1.165, 1.54) is 81.5 Å². The fourth-order valence-corrected chi connectivity index (χ4v) is 6.53. The lowest BCUT2D eigenvalue weighted by Gasteiger charge is -2.43. The maximum absolute atomic E-state index is 13.3.